The molecule has 2 aromatic heterocycles. The Morgan fingerprint density at radius 1 is 1.19 bits per heavy atom. The quantitative estimate of drug-likeness (QED) is 0.577. The molecule has 3 rings (SSSR count). The first-order chi connectivity index (χ1) is 11.9. The van der Waals surface area contributed by atoms with Crippen LogP contribution in [0.25, 0.3) is 27.7 Å². The van der Waals surface area contributed by atoms with Gasteiger partial charge in [0.1, 0.15) is 12.4 Å². The second kappa shape index (κ2) is 9.43. The topological polar surface area (TPSA) is 84.0 Å². The summed E-state index contributed by atoms with van der Waals surface area (Å²) in [6.45, 7) is 10.7. The zero-order chi connectivity index (χ0) is 18.6. The summed E-state index contributed by atoms with van der Waals surface area (Å²) in [6.07, 6.45) is 0. The molecule has 0 saturated heterocycles. The minimum atomic E-state index is -0.902. The fraction of sp³-hybridized carbons (Fsp3) is 0.474. The number of para-hydroxylation sites is 1. The van der Waals surface area contributed by atoms with Gasteiger partial charge in [-0.3, -0.25) is 0 Å². The zero-order valence-corrected chi connectivity index (χ0v) is 17.5. The standard InChI is InChI=1S/C17H21N4O2.C2H6.Pd/c1-4-23-9-13-20-14-15(21(13)10-17(2,3)22)11-7-5-6-8-12(11)19-16(14)18;1-2;/h5-8,22H,4,9-10H2,1-3H3,(H-,18,19);1-2H3;/q-1;;. The summed E-state index contributed by atoms with van der Waals surface area (Å²) in [5.41, 5.74) is 9.40. The van der Waals surface area contributed by atoms with Crippen LogP contribution in [0.1, 0.15) is 40.4 Å². The zero-order valence-electron chi connectivity index (χ0n) is 15.9. The molecule has 6 nitrogen and oxygen atoms in total. The van der Waals surface area contributed by atoms with E-state index in [1.54, 1.807) is 13.8 Å². The van der Waals surface area contributed by atoms with E-state index in [2.05, 4.69) is 9.97 Å². The number of nitrogens with zero attached hydrogens (tertiary/aromatic N) is 3. The molecule has 0 bridgehead atoms. The summed E-state index contributed by atoms with van der Waals surface area (Å²) in [5.74, 6) is 0.849. The number of hydrogen-bond donors (Lipinski definition) is 1. The maximum Gasteiger partial charge on any atom is 0.136 e. The third-order valence-electron chi connectivity index (χ3n) is 3.64. The van der Waals surface area contributed by atoms with Crippen molar-refractivity contribution in [1.82, 2.24) is 14.5 Å². The van der Waals surface area contributed by atoms with E-state index in [4.69, 9.17) is 10.5 Å². The minimum absolute atomic E-state index is 0. The number of hydrogen-bond acceptors (Lipinski definition) is 4. The van der Waals surface area contributed by atoms with Crippen LogP contribution in [-0.2, 0) is 38.3 Å². The van der Waals surface area contributed by atoms with E-state index in [0.29, 0.717) is 31.1 Å². The summed E-state index contributed by atoms with van der Waals surface area (Å²) in [7, 11) is 0. The molecular weight excluding hydrogens is 423 g/mol. The second-order valence-corrected chi connectivity index (χ2v) is 6.24. The van der Waals surface area contributed by atoms with Crippen LogP contribution in [-0.4, -0.2) is 31.8 Å². The van der Waals surface area contributed by atoms with Crippen LogP contribution in [0, 0.1) is 0 Å². The molecule has 0 atom stereocenters. The largest absolute Gasteiger partial charge is 0.480 e. The van der Waals surface area contributed by atoms with Gasteiger partial charge in [0.15, 0.2) is 0 Å². The molecule has 0 unspecified atom stereocenters. The van der Waals surface area contributed by atoms with E-state index in [-0.39, 0.29) is 26.2 Å². The monoisotopic (exact) mass is 449 g/mol. The molecule has 0 spiro atoms. The van der Waals surface area contributed by atoms with E-state index in [1.807, 2.05) is 49.6 Å². The Kier molecular flexibility index (Phi) is 8.17. The van der Waals surface area contributed by atoms with Gasteiger partial charge in [-0.25, -0.2) is 4.98 Å². The van der Waals surface area contributed by atoms with Gasteiger partial charge >= 0.3 is 0 Å². The molecule has 3 aromatic rings. The van der Waals surface area contributed by atoms with Gasteiger partial charge in [0.25, 0.3) is 0 Å². The Morgan fingerprint density at radius 2 is 1.85 bits per heavy atom. The van der Waals surface area contributed by atoms with Crippen molar-refractivity contribution in [2.24, 2.45) is 0 Å². The van der Waals surface area contributed by atoms with Gasteiger partial charge in [-0.2, -0.15) is 0 Å². The van der Waals surface area contributed by atoms with Gasteiger partial charge in [0, 0.05) is 32.4 Å². The molecule has 0 amide bonds. The number of fused-ring (bicyclic) bond motifs is 3. The Morgan fingerprint density at radius 3 is 2.46 bits per heavy atom. The van der Waals surface area contributed by atoms with Gasteiger partial charge in [-0.15, -0.1) is 0 Å². The summed E-state index contributed by atoms with van der Waals surface area (Å²) in [6, 6.07) is 7.70. The van der Waals surface area contributed by atoms with E-state index < -0.39 is 5.60 Å². The van der Waals surface area contributed by atoms with Crippen molar-refractivity contribution in [3.05, 3.63) is 35.8 Å². The smallest absolute Gasteiger partial charge is 0.136 e. The Hall–Kier alpha value is -1.52. The third-order valence-corrected chi connectivity index (χ3v) is 3.64. The van der Waals surface area contributed by atoms with E-state index in [9.17, 15) is 5.11 Å². The molecule has 7 heteroatoms. The molecule has 0 saturated carbocycles. The van der Waals surface area contributed by atoms with E-state index in [1.165, 1.54) is 0 Å². The summed E-state index contributed by atoms with van der Waals surface area (Å²) >= 11 is 0. The predicted molar refractivity (Wildman–Crippen MR) is 102 cm³/mol. The van der Waals surface area contributed by atoms with E-state index in [0.717, 1.165) is 16.4 Å². The molecule has 0 radical (unpaired) electrons. The molecule has 0 aliphatic carbocycles. The van der Waals surface area contributed by atoms with Crippen LogP contribution < -0.4 is 0 Å². The maximum absolute atomic E-state index is 10.3. The molecule has 0 fully saturated rings. The third kappa shape index (κ3) is 4.80. The summed E-state index contributed by atoms with van der Waals surface area (Å²) in [4.78, 5) is 8.88. The SMILES string of the molecule is CC.CCOCc1nc2c([NH-])nc3ccccc3c2n1CC(C)(C)O.[Pd]. The van der Waals surface area contributed by atoms with Crippen LogP contribution in [0.4, 0.5) is 5.82 Å². The first kappa shape index (κ1) is 22.5. The number of imidazole rings is 1. The first-order valence-electron chi connectivity index (χ1n) is 8.70. The van der Waals surface area contributed by atoms with Crippen LogP contribution in [0.5, 0.6) is 0 Å². The Bertz CT molecular complexity index is 856. The molecule has 2 heterocycles. The van der Waals surface area contributed by atoms with Crippen molar-refractivity contribution in [2.45, 2.75) is 53.4 Å². The van der Waals surface area contributed by atoms with Gasteiger partial charge in [0.05, 0.1) is 23.2 Å². The van der Waals surface area contributed by atoms with Crippen LogP contribution in [0.3, 0.4) is 0 Å². The van der Waals surface area contributed by atoms with Crippen LogP contribution in [0.2, 0.25) is 0 Å². The number of rotatable bonds is 5. The van der Waals surface area contributed by atoms with E-state index >= 15 is 0 Å². The van der Waals surface area contributed by atoms with Crippen molar-refractivity contribution in [2.75, 3.05) is 6.61 Å². The molecule has 1 aromatic carbocycles. The summed E-state index contributed by atoms with van der Waals surface area (Å²) < 4.78 is 7.46. The molecule has 0 aliphatic rings. The fourth-order valence-electron chi connectivity index (χ4n) is 2.74. The molecule has 2 N–H and O–H groups in total. The number of pyridine rings is 1. The first-order valence-corrected chi connectivity index (χ1v) is 8.70. The molecule has 146 valence electrons. The van der Waals surface area contributed by atoms with Crippen molar-refractivity contribution in [1.29, 1.82) is 0 Å². The van der Waals surface area contributed by atoms with Crippen molar-refractivity contribution < 1.29 is 30.3 Å². The number of nitrogens with one attached hydrogen (secondary N) is 1. The van der Waals surface area contributed by atoms with Crippen molar-refractivity contribution in [3.63, 3.8) is 0 Å². The average Bonchev–Trinajstić information content (AvgIpc) is 2.92. The Balaban J connectivity index is 0.00000109. The normalized spacial score (nSPS) is 11.2. The van der Waals surface area contributed by atoms with Crippen molar-refractivity contribution in [3.8, 4) is 0 Å². The summed E-state index contributed by atoms with van der Waals surface area (Å²) in [5, 5.41) is 11.2. The number of benzene rings is 1. The predicted octanol–water partition coefficient (Wildman–Crippen LogP) is 4.60. The Labute approximate surface area is 168 Å². The fourth-order valence-corrected chi connectivity index (χ4v) is 2.74. The molecule has 0 aliphatic heterocycles. The molecular formula is C19H27N4O2Pd-. The van der Waals surface area contributed by atoms with Gasteiger partial charge < -0.3 is 25.1 Å². The van der Waals surface area contributed by atoms with Crippen LogP contribution in [0.15, 0.2) is 24.3 Å². The number of aromatic nitrogens is 3. The van der Waals surface area contributed by atoms with Gasteiger partial charge in [-0.1, -0.05) is 38.1 Å². The van der Waals surface area contributed by atoms with Crippen molar-refractivity contribution >= 4 is 27.8 Å². The second-order valence-electron chi connectivity index (χ2n) is 6.24. The van der Waals surface area contributed by atoms with Crippen LogP contribution >= 0.6 is 0 Å². The maximum atomic E-state index is 10.3. The van der Waals surface area contributed by atoms with Gasteiger partial charge in [-0.05, 0) is 32.1 Å². The molecule has 26 heavy (non-hydrogen) atoms. The minimum Gasteiger partial charge on any atom is -0.480 e. The average molecular weight is 450 g/mol. The van der Waals surface area contributed by atoms with Gasteiger partial charge in [0.2, 0.25) is 0 Å². The number of ether oxygens (including phenoxy) is 1. The number of aliphatic hydroxyl groups is 1.